The van der Waals surface area contributed by atoms with Crippen LogP contribution in [0.3, 0.4) is 0 Å². The first-order chi connectivity index (χ1) is 13.1. The highest BCUT2D eigenvalue weighted by atomic mass is 19.1. The van der Waals surface area contributed by atoms with Crippen molar-refractivity contribution in [1.82, 2.24) is 20.2 Å². The van der Waals surface area contributed by atoms with Gasteiger partial charge in [0.15, 0.2) is 5.96 Å². The Bertz CT molecular complexity index is 931. The van der Waals surface area contributed by atoms with Crippen LogP contribution in [0.4, 0.5) is 4.39 Å². The highest BCUT2D eigenvalue weighted by Gasteiger charge is 2.09. The summed E-state index contributed by atoms with van der Waals surface area (Å²) < 4.78 is 15.9. The number of benzene rings is 2. The van der Waals surface area contributed by atoms with E-state index < -0.39 is 0 Å². The first kappa shape index (κ1) is 18.9. The van der Waals surface area contributed by atoms with Gasteiger partial charge in [-0.15, -0.1) is 0 Å². The summed E-state index contributed by atoms with van der Waals surface area (Å²) in [5, 5.41) is 6.62. The van der Waals surface area contributed by atoms with Crippen LogP contribution in [0.5, 0.6) is 0 Å². The summed E-state index contributed by atoms with van der Waals surface area (Å²) >= 11 is 0. The zero-order valence-electron chi connectivity index (χ0n) is 16.0. The molecule has 0 radical (unpaired) electrons. The molecule has 1 atom stereocenters. The molecule has 2 N–H and O–H groups in total. The quantitative estimate of drug-likeness (QED) is 0.396. The molecule has 1 aromatic heterocycles. The second-order valence-electron chi connectivity index (χ2n) is 6.65. The molecule has 1 heterocycles. The molecule has 6 heteroatoms. The smallest absolute Gasteiger partial charge is 0.191 e. The number of aliphatic imine (C=N–C) groups is 1. The maximum Gasteiger partial charge on any atom is 0.191 e. The Kier molecular flexibility index (Phi) is 6.06. The molecule has 0 amide bonds. The van der Waals surface area contributed by atoms with Gasteiger partial charge in [-0.05, 0) is 49.6 Å². The standard InChI is InChI=1S/C21H26FN5/c1-15-9-10-17(13-18(15)22)16(2)26-21(23-3)24-11-6-12-27-14-25-19-7-4-5-8-20(19)27/h4-5,7-10,13-14,16H,6,11-12H2,1-3H3,(H2,23,24,26). The minimum Gasteiger partial charge on any atom is -0.356 e. The number of imidazole rings is 1. The third-order valence-corrected chi connectivity index (χ3v) is 4.67. The monoisotopic (exact) mass is 367 g/mol. The lowest BCUT2D eigenvalue weighted by molar-refractivity contribution is 0.604. The van der Waals surface area contributed by atoms with Crippen molar-refractivity contribution in [3.63, 3.8) is 0 Å². The highest BCUT2D eigenvalue weighted by molar-refractivity contribution is 5.80. The zero-order chi connectivity index (χ0) is 19.2. The summed E-state index contributed by atoms with van der Waals surface area (Å²) in [7, 11) is 1.74. The number of hydrogen-bond donors (Lipinski definition) is 2. The number of guanidine groups is 1. The van der Waals surface area contributed by atoms with Crippen molar-refractivity contribution in [2.45, 2.75) is 32.9 Å². The van der Waals surface area contributed by atoms with Crippen molar-refractivity contribution in [2.75, 3.05) is 13.6 Å². The lowest BCUT2D eigenvalue weighted by atomic mass is 10.1. The van der Waals surface area contributed by atoms with Gasteiger partial charge in [0.05, 0.1) is 23.4 Å². The molecule has 0 spiro atoms. The summed E-state index contributed by atoms with van der Waals surface area (Å²) in [5.41, 5.74) is 3.71. The molecule has 142 valence electrons. The molecule has 1 unspecified atom stereocenters. The van der Waals surface area contributed by atoms with Crippen molar-refractivity contribution in [3.8, 4) is 0 Å². The summed E-state index contributed by atoms with van der Waals surface area (Å²) in [5.74, 6) is 0.524. The first-order valence-electron chi connectivity index (χ1n) is 9.21. The van der Waals surface area contributed by atoms with Crippen LogP contribution in [0.15, 0.2) is 53.8 Å². The van der Waals surface area contributed by atoms with E-state index in [1.165, 1.54) is 0 Å². The van der Waals surface area contributed by atoms with E-state index >= 15 is 0 Å². The van der Waals surface area contributed by atoms with Crippen LogP contribution in [0.25, 0.3) is 11.0 Å². The predicted octanol–water partition coefficient (Wildman–Crippen LogP) is 3.80. The summed E-state index contributed by atoms with van der Waals surface area (Å²) in [6.07, 6.45) is 2.82. The summed E-state index contributed by atoms with van der Waals surface area (Å²) in [4.78, 5) is 8.67. The van der Waals surface area contributed by atoms with Crippen LogP contribution >= 0.6 is 0 Å². The molecule has 0 aliphatic rings. The van der Waals surface area contributed by atoms with Gasteiger partial charge in [0.1, 0.15) is 5.82 Å². The van der Waals surface area contributed by atoms with Crippen molar-refractivity contribution < 1.29 is 4.39 Å². The molecule has 5 nitrogen and oxygen atoms in total. The third-order valence-electron chi connectivity index (χ3n) is 4.67. The topological polar surface area (TPSA) is 54.2 Å². The first-order valence-corrected chi connectivity index (χ1v) is 9.21. The van der Waals surface area contributed by atoms with Gasteiger partial charge < -0.3 is 15.2 Å². The van der Waals surface area contributed by atoms with Crippen molar-refractivity contribution >= 4 is 17.0 Å². The van der Waals surface area contributed by atoms with E-state index in [-0.39, 0.29) is 11.9 Å². The molecule has 27 heavy (non-hydrogen) atoms. The Labute approximate surface area is 159 Å². The number of nitrogens with one attached hydrogen (secondary N) is 2. The van der Waals surface area contributed by atoms with Crippen LogP contribution in [-0.2, 0) is 6.54 Å². The average molecular weight is 367 g/mol. The minimum absolute atomic E-state index is 0.0381. The molecule has 0 aliphatic heterocycles. The van der Waals surface area contributed by atoms with E-state index in [2.05, 4.69) is 31.2 Å². The van der Waals surface area contributed by atoms with Crippen molar-refractivity contribution in [3.05, 3.63) is 65.7 Å². The summed E-state index contributed by atoms with van der Waals surface area (Å²) in [6.45, 7) is 5.42. The number of aryl methyl sites for hydroxylation is 2. The van der Waals surface area contributed by atoms with Gasteiger partial charge in [-0.1, -0.05) is 24.3 Å². The largest absolute Gasteiger partial charge is 0.356 e. The number of aromatic nitrogens is 2. The van der Waals surface area contributed by atoms with Gasteiger partial charge >= 0.3 is 0 Å². The normalized spacial score (nSPS) is 13.0. The Balaban J connectivity index is 1.49. The molecule has 0 fully saturated rings. The molecule has 0 saturated heterocycles. The number of fused-ring (bicyclic) bond motifs is 1. The Morgan fingerprint density at radius 2 is 2.07 bits per heavy atom. The van der Waals surface area contributed by atoms with Crippen LogP contribution in [0.1, 0.15) is 30.5 Å². The van der Waals surface area contributed by atoms with E-state index in [9.17, 15) is 4.39 Å². The minimum atomic E-state index is -0.184. The van der Waals surface area contributed by atoms with Gasteiger partial charge in [-0.3, -0.25) is 4.99 Å². The van der Waals surface area contributed by atoms with Gasteiger partial charge in [0.25, 0.3) is 0 Å². The van der Waals surface area contributed by atoms with Crippen LogP contribution in [0, 0.1) is 12.7 Å². The zero-order valence-corrected chi connectivity index (χ0v) is 16.0. The SMILES string of the molecule is CN=C(NCCCn1cnc2ccccc21)NC(C)c1ccc(C)c(F)c1. The second kappa shape index (κ2) is 8.66. The van der Waals surface area contributed by atoms with Gasteiger partial charge in [0, 0.05) is 20.1 Å². The van der Waals surface area contributed by atoms with Gasteiger partial charge in [0.2, 0.25) is 0 Å². The van der Waals surface area contributed by atoms with Gasteiger partial charge in [-0.2, -0.15) is 0 Å². The fourth-order valence-electron chi connectivity index (χ4n) is 3.01. The summed E-state index contributed by atoms with van der Waals surface area (Å²) in [6, 6.07) is 13.4. The molecule has 0 saturated carbocycles. The Hall–Kier alpha value is -2.89. The molecule has 0 aliphatic carbocycles. The van der Waals surface area contributed by atoms with E-state index in [0.717, 1.165) is 36.1 Å². The fraction of sp³-hybridized carbons (Fsp3) is 0.333. The number of nitrogens with zero attached hydrogens (tertiary/aromatic N) is 3. The van der Waals surface area contributed by atoms with Crippen molar-refractivity contribution in [1.29, 1.82) is 0 Å². The molecular weight excluding hydrogens is 341 g/mol. The molecule has 3 aromatic rings. The van der Waals surface area contributed by atoms with Crippen molar-refractivity contribution in [2.24, 2.45) is 4.99 Å². The molecule has 3 rings (SSSR count). The van der Waals surface area contributed by atoms with Crippen LogP contribution in [-0.4, -0.2) is 29.1 Å². The molecule has 2 aromatic carbocycles. The van der Waals surface area contributed by atoms with E-state index in [1.54, 1.807) is 26.1 Å². The number of halogens is 1. The van der Waals surface area contributed by atoms with Crippen LogP contribution < -0.4 is 10.6 Å². The lowest BCUT2D eigenvalue weighted by Crippen LogP contribution is -2.39. The molecule has 0 bridgehead atoms. The molecular formula is C21H26FN5. The second-order valence-corrected chi connectivity index (χ2v) is 6.65. The average Bonchev–Trinajstić information content (AvgIpc) is 3.09. The third kappa shape index (κ3) is 4.64. The maximum absolute atomic E-state index is 13.8. The number of rotatable bonds is 6. The fourth-order valence-corrected chi connectivity index (χ4v) is 3.01. The maximum atomic E-state index is 13.8. The Morgan fingerprint density at radius 1 is 1.26 bits per heavy atom. The van der Waals surface area contributed by atoms with Gasteiger partial charge in [-0.25, -0.2) is 9.37 Å². The Morgan fingerprint density at radius 3 is 2.85 bits per heavy atom. The predicted molar refractivity (Wildman–Crippen MR) is 108 cm³/mol. The lowest BCUT2D eigenvalue weighted by Gasteiger charge is -2.18. The highest BCUT2D eigenvalue weighted by Crippen LogP contribution is 2.16. The number of hydrogen-bond acceptors (Lipinski definition) is 2. The van der Waals surface area contributed by atoms with E-state index in [1.807, 2.05) is 37.5 Å². The number of para-hydroxylation sites is 2. The van der Waals surface area contributed by atoms with Crippen LogP contribution in [0.2, 0.25) is 0 Å². The van der Waals surface area contributed by atoms with E-state index in [0.29, 0.717) is 11.5 Å². The van der Waals surface area contributed by atoms with E-state index in [4.69, 9.17) is 0 Å².